The van der Waals surface area contributed by atoms with Crippen molar-refractivity contribution in [1.82, 2.24) is 0 Å². The van der Waals surface area contributed by atoms with Gasteiger partial charge in [0, 0.05) is 11.8 Å². The van der Waals surface area contributed by atoms with Crippen LogP contribution < -0.4 is 5.73 Å². The Labute approximate surface area is 71.4 Å². The number of ether oxygens (including phenoxy) is 1. The van der Waals surface area contributed by atoms with Crippen LogP contribution in [-0.4, -0.2) is 18.2 Å². The summed E-state index contributed by atoms with van der Waals surface area (Å²) >= 11 is 0. The Morgan fingerprint density at radius 2 is 2.08 bits per heavy atom. The Morgan fingerprint density at radius 1 is 1.58 bits per heavy atom. The molecule has 0 atom stereocenters. The van der Waals surface area contributed by atoms with E-state index in [1.54, 1.807) is 20.8 Å². The van der Waals surface area contributed by atoms with Gasteiger partial charge in [-0.3, -0.25) is 0 Å². The van der Waals surface area contributed by atoms with Crippen molar-refractivity contribution < 1.29 is 13.9 Å². The minimum absolute atomic E-state index is 0.121. The molecule has 0 amide bonds. The second-order valence-electron chi connectivity index (χ2n) is 3.39. The number of nitrogens with two attached hydrogens (primary N) is 1. The number of allylic oxidation sites excluding steroid dienone is 1. The van der Waals surface area contributed by atoms with E-state index in [9.17, 15) is 9.18 Å². The highest BCUT2D eigenvalue weighted by Gasteiger charge is 2.14. The van der Waals surface area contributed by atoms with Crippen molar-refractivity contribution in [2.45, 2.75) is 26.4 Å². The summed E-state index contributed by atoms with van der Waals surface area (Å²) in [4.78, 5) is 10.9. The Hall–Kier alpha value is -1.06. The van der Waals surface area contributed by atoms with Crippen molar-refractivity contribution in [2.75, 3.05) is 6.67 Å². The van der Waals surface area contributed by atoms with E-state index in [0.717, 1.165) is 6.08 Å². The zero-order valence-corrected chi connectivity index (χ0v) is 7.56. The number of carbonyl (C=O) groups excluding carboxylic acids is 1. The number of carbonyl (C=O) groups is 1. The van der Waals surface area contributed by atoms with Crippen molar-refractivity contribution in [3.05, 3.63) is 11.8 Å². The molecule has 3 nitrogen and oxygen atoms in total. The van der Waals surface area contributed by atoms with Gasteiger partial charge in [-0.15, -0.1) is 0 Å². The first kappa shape index (κ1) is 10.9. The molecule has 0 aromatic carbocycles. The van der Waals surface area contributed by atoms with Gasteiger partial charge in [0.05, 0.1) is 0 Å². The summed E-state index contributed by atoms with van der Waals surface area (Å²) in [6.07, 6.45) is 0.950. The van der Waals surface area contributed by atoms with Gasteiger partial charge in [0.1, 0.15) is 12.3 Å². The van der Waals surface area contributed by atoms with Crippen LogP contribution in [0.5, 0.6) is 0 Å². The van der Waals surface area contributed by atoms with E-state index >= 15 is 0 Å². The maximum atomic E-state index is 11.8. The molecule has 4 heteroatoms. The van der Waals surface area contributed by atoms with Crippen LogP contribution >= 0.6 is 0 Å². The monoisotopic (exact) mass is 175 g/mol. The smallest absolute Gasteiger partial charge is 0.333 e. The van der Waals surface area contributed by atoms with Crippen molar-refractivity contribution in [2.24, 2.45) is 5.73 Å². The fourth-order valence-corrected chi connectivity index (χ4v) is 0.521. The number of alkyl halides is 1. The lowest BCUT2D eigenvalue weighted by Gasteiger charge is -2.18. The fourth-order valence-electron chi connectivity index (χ4n) is 0.521. The van der Waals surface area contributed by atoms with Gasteiger partial charge in [-0.1, -0.05) is 0 Å². The molecule has 0 aliphatic heterocycles. The molecule has 70 valence electrons. The van der Waals surface area contributed by atoms with Gasteiger partial charge in [0.15, 0.2) is 0 Å². The summed E-state index contributed by atoms with van der Waals surface area (Å²) < 4.78 is 16.6. The van der Waals surface area contributed by atoms with Gasteiger partial charge in [-0.05, 0) is 20.8 Å². The van der Waals surface area contributed by atoms with Crippen LogP contribution in [0.1, 0.15) is 20.8 Å². The second-order valence-corrected chi connectivity index (χ2v) is 3.39. The van der Waals surface area contributed by atoms with Crippen LogP contribution in [0.15, 0.2) is 11.8 Å². The lowest BCUT2D eigenvalue weighted by atomic mass is 10.2. The molecule has 0 aromatic heterocycles. The summed E-state index contributed by atoms with van der Waals surface area (Å²) in [6, 6.07) is 0. The number of esters is 1. The summed E-state index contributed by atoms with van der Waals surface area (Å²) in [6.45, 7) is 4.35. The Bertz CT molecular complexity index is 194. The van der Waals surface area contributed by atoms with Crippen LogP contribution in [-0.2, 0) is 9.53 Å². The summed E-state index contributed by atoms with van der Waals surface area (Å²) in [5, 5.41) is 0. The van der Waals surface area contributed by atoms with Crippen molar-refractivity contribution in [3.8, 4) is 0 Å². The first-order valence-corrected chi connectivity index (χ1v) is 3.60. The predicted molar refractivity (Wildman–Crippen MR) is 44.1 cm³/mol. The molecule has 0 spiro atoms. The highest BCUT2D eigenvalue weighted by atomic mass is 19.1. The van der Waals surface area contributed by atoms with Crippen molar-refractivity contribution >= 4 is 5.97 Å². The quantitative estimate of drug-likeness (QED) is 0.505. The molecule has 0 aliphatic rings. The van der Waals surface area contributed by atoms with Crippen LogP contribution in [0.3, 0.4) is 0 Å². The summed E-state index contributed by atoms with van der Waals surface area (Å²) in [5.74, 6) is -0.613. The SMILES string of the molecule is CC(C)(C)OC(=O)C=C(N)CF. The normalized spacial score (nSPS) is 12.8. The van der Waals surface area contributed by atoms with E-state index in [1.807, 2.05) is 0 Å². The van der Waals surface area contributed by atoms with E-state index in [0.29, 0.717) is 0 Å². The third-order valence-electron chi connectivity index (χ3n) is 0.864. The van der Waals surface area contributed by atoms with E-state index in [2.05, 4.69) is 0 Å². The van der Waals surface area contributed by atoms with Crippen LogP contribution in [0.4, 0.5) is 4.39 Å². The standard InChI is InChI=1S/C8H14FNO2/c1-8(2,3)12-7(11)4-6(10)5-9/h4H,5,10H2,1-3H3. The average Bonchev–Trinajstić information content (AvgIpc) is 1.82. The Kier molecular flexibility index (Phi) is 3.73. The van der Waals surface area contributed by atoms with E-state index in [-0.39, 0.29) is 5.70 Å². The van der Waals surface area contributed by atoms with Gasteiger partial charge in [0.25, 0.3) is 0 Å². The lowest BCUT2D eigenvalue weighted by molar-refractivity contribution is -0.148. The molecule has 0 saturated carbocycles. The molecular weight excluding hydrogens is 161 g/mol. The van der Waals surface area contributed by atoms with Crippen molar-refractivity contribution in [1.29, 1.82) is 0 Å². The molecular formula is C8H14FNO2. The maximum absolute atomic E-state index is 11.8. The fraction of sp³-hybridized carbons (Fsp3) is 0.625. The van der Waals surface area contributed by atoms with E-state index in [4.69, 9.17) is 10.5 Å². The number of rotatable bonds is 2. The third-order valence-corrected chi connectivity index (χ3v) is 0.864. The van der Waals surface area contributed by atoms with E-state index < -0.39 is 18.2 Å². The highest BCUT2D eigenvalue weighted by Crippen LogP contribution is 2.07. The second kappa shape index (κ2) is 4.09. The third kappa shape index (κ3) is 5.70. The largest absolute Gasteiger partial charge is 0.457 e. The molecule has 0 bridgehead atoms. The number of hydrogen-bond acceptors (Lipinski definition) is 3. The van der Waals surface area contributed by atoms with E-state index in [1.165, 1.54) is 0 Å². The highest BCUT2D eigenvalue weighted by molar-refractivity contribution is 5.83. The minimum Gasteiger partial charge on any atom is -0.457 e. The predicted octanol–water partition coefficient (Wildman–Crippen LogP) is 1.14. The van der Waals surface area contributed by atoms with Gasteiger partial charge in [-0.25, -0.2) is 9.18 Å². The summed E-state index contributed by atoms with van der Waals surface area (Å²) in [5.41, 5.74) is 4.39. The van der Waals surface area contributed by atoms with Gasteiger partial charge in [0.2, 0.25) is 0 Å². The molecule has 0 fully saturated rings. The molecule has 0 aromatic rings. The Balaban J connectivity index is 4.08. The first-order chi connectivity index (χ1) is 5.35. The lowest BCUT2D eigenvalue weighted by Crippen LogP contribution is -2.23. The molecule has 0 rings (SSSR count). The van der Waals surface area contributed by atoms with Crippen LogP contribution in [0, 0.1) is 0 Å². The van der Waals surface area contributed by atoms with Gasteiger partial charge < -0.3 is 10.5 Å². The Morgan fingerprint density at radius 3 is 2.42 bits per heavy atom. The van der Waals surface area contributed by atoms with Gasteiger partial charge >= 0.3 is 5.97 Å². The van der Waals surface area contributed by atoms with Crippen molar-refractivity contribution in [3.63, 3.8) is 0 Å². The van der Waals surface area contributed by atoms with Crippen LogP contribution in [0.25, 0.3) is 0 Å². The molecule has 12 heavy (non-hydrogen) atoms. The molecule has 0 aliphatic carbocycles. The zero-order chi connectivity index (χ0) is 9.78. The van der Waals surface area contributed by atoms with Gasteiger partial charge in [-0.2, -0.15) is 0 Å². The zero-order valence-electron chi connectivity index (χ0n) is 7.56. The number of halogens is 1. The number of hydrogen-bond donors (Lipinski definition) is 1. The topological polar surface area (TPSA) is 52.3 Å². The molecule has 0 saturated heterocycles. The van der Waals surface area contributed by atoms with Crippen LogP contribution in [0.2, 0.25) is 0 Å². The average molecular weight is 175 g/mol. The molecule has 0 heterocycles. The molecule has 0 unspecified atom stereocenters. The minimum atomic E-state index is -0.834. The molecule has 0 radical (unpaired) electrons. The molecule has 2 N–H and O–H groups in total. The maximum Gasteiger partial charge on any atom is 0.333 e. The first-order valence-electron chi connectivity index (χ1n) is 3.60. The summed E-state index contributed by atoms with van der Waals surface area (Å²) in [7, 11) is 0.